The van der Waals surface area contributed by atoms with E-state index in [2.05, 4.69) is 5.10 Å². The predicted molar refractivity (Wildman–Crippen MR) is 65.0 cm³/mol. The SMILES string of the molecule is CN1C(=O)C(N)CCn2nc(CC3CC3(F)F)cc21. The monoisotopic (exact) mass is 270 g/mol. The fraction of sp³-hybridized carbons (Fsp3) is 0.667. The van der Waals surface area contributed by atoms with Gasteiger partial charge >= 0.3 is 0 Å². The van der Waals surface area contributed by atoms with Crippen molar-refractivity contribution in [3.63, 3.8) is 0 Å². The fourth-order valence-electron chi connectivity index (χ4n) is 2.48. The van der Waals surface area contributed by atoms with E-state index in [9.17, 15) is 13.6 Å². The molecule has 104 valence electrons. The van der Waals surface area contributed by atoms with Crippen LogP contribution in [0.4, 0.5) is 14.6 Å². The summed E-state index contributed by atoms with van der Waals surface area (Å²) in [6.45, 7) is 0.535. The van der Waals surface area contributed by atoms with Crippen molar-refractivity contribution in [2.75, 3.05) is 11.9 Å². The molecule has 2 N–H and O–H groups in total. The minimum atomic E-state index is -2.54. The molecule has 0 spiro atoms. The van der Waals surface area contributed by atoms with Crippen molar-refractivity contribution in [1.29, 1.82) is 0 Å². The van der Waals surface area contributed by atoms with Gasteiger partial charge in [0.1, 0.15) is 5.82 Å². The lowest BCUT2D eigenvalue weighted by Crippen LogP contribution is -2.40. The Bertz CT molecular complexity index is 528. The van der Waals surface area contributed by atoms with Crippen molar-refractivity contribution >= 4 is 11.7 Å². The molecular weight excluding hydrogens is 254 g/mol. The first kappa shape index (κ1) is 12.5. The second-order valence-electron chi connectivity index (χ2n) is 5.38. The van der Waals surface area contributed by atoms with Crippen LogP contribution in [0.1, 0.15) is 18.5 Å². The lowest BCUT2D eigenvalue weighted by atomic mass is 10.2. The van der Waals surface area contributed by atoms with Crippen molar-refractivity contribution in [2.24, 2.45) is 11.7 Å². The molecule has 5 nitrogen and oxygen atoms in total. The first-order valence-electron chi connectivity index (χ1n) is 6.36. The minimum absolute atomic E-state index is 0.0607. The van der Waals surface area contributed by atoms with Gasteiger partial charge in [0.2, 0.25) is 5.91 Å². The Labute approximate surface area is 109 Å². The van der Waals surface area contributed by atoms with Crippen LogP contribution in [0.15, 0.2) is 6.07 Å². The topological polar surface area (TPSA) is 64.2 Å². The van der Waals surface area contributed by atoms with Crippen LogP contribution in [0.2, 0.25) is 0 Å². The number of aromatic nitrogens is 2. The summed E-state index contributed by atoms with van der Waals surface area (Å²) in [5.41, 5.74) is 6.36. The Hall–Kier alpha value is -1.50. The minimum Gasteiger partial charge on any atom is -0.320 e. The van der Waals surface area contributed by atoms with E-state index in [0.717, 1.165) is 0 Å². The van der Waals surface area contributed by atoms with Crippen LogP contribution in [0, 0.1) is 5.92 Å². The van der Waals surface area contributed by atoms with Gasteiger partial charge in [0, 0.05) is 38.4 Å². The number of rotatable bonds is 2. The van der Waals surface area contributed by atoms with Crippen LogP contribution in [0.3, 0.4) is 0 Å². The summed E-state index contributed by atoms with van der Waals surface area (Å²) in [5.74, 6) is -2.67. The summed E-state index contributed by atoms with van der Waals surface area (Å²) < 4.78 is 27.5. The summed E-state index contributed by atoms with van der Waals surface area (Å²) in [6.07, 6.45) is 0.715. The van der Waals surface area contributed by atoms with Crippen LogP contribution in [-0.4, -0.2) is 34.7 Å². The number of likely N-dealkylation sites (N-methyl/N-ethyl adjacent to an activating group) is 1. The molecule has 0 bridgehead atoms. The van der Waals surface area contributed by atoms with E-state index in [4.69, 9.17) is 5.73 Å². The summed E-state index contributed by atoms with van der Waals surface area (Å²) in [6, 6.07) is 1.19. The first-order valence-corrected chi connectivity index (χ1v) is 6.36. The molecule has 1 aliphatic heterocycles. The third-order valence-corrected chi connectivity index (χ3v) is 3.86. The molecular formula is C12H16F2N4O. The number of fused-ring (bicyclic) bond motifs is 1. The number of anilines is 1. The summed E-state index contributed by atoms with van der Waals surface area (Å²) >= 11 is 0. The molecule has 2 heterocycles. The molecule has 1 saturated carbocycles. The molecule has 2 atom stereocenters. The Balaban J connectivity index is 1.82. The van der Waals surface area contributed by atoms with Crippen molar-refractivity contribution in [3.05, 3.63) is 11.8 Å². The van der Waals surface area contributed by atoms with Gasteiger partial charge in [0.15, 0.2) is 0 Å². The van der Waals surface area contributed by atoms with Crippen molar-refractivity contribution in [1.82, 2.24) is 9.78 Å². The number of hydrogen-bond donors (Lipinski definition) is 1. The summed E-state index contributed by atoms with van der Waals surface area (Å²) in [4.78, 5) is 13.4. The van der Waals surface area contributed by atoms with E-state index in [0.29, 0.717) is 24.5 Å². The van der Waals surface area contributed by atoms with Gasteiger partial charge in [-0.15, -0.1) is 0 Å². The highest BCUT2D eigenvalue weighted by molar-refractivity contribution is 5.96. The fourth-order valence-corrected chi connectivity index (χ4v) is 2.48. The van der Waals surface area contributed by atoms with E-state index in [1.165, 1.54) is 4.90 Å². The van der Waals surface area contributed by atoms with Crippen molar-refractivity contribution in [3.8, 4) is 0 Å². The van der Waals surface area contributed by atoms with Gasteiger partial charge in [0.25, 0.3) is 5.92 Å². The van der Waals surface area contributed by atoms with Gasteiger partial charge in [-0.05, 0) is 6.42 Å². The molecule has 7 heteroatoms. The first-order chi connectivity index (χ1) is 8.88. The molecule has 3 rings (SSSR count). The molecule has 1 fully saturated rings. The Morgan fingerprint density at radius 2 is 2.26 bits per heavy atom. The van der Waals surface area contributed by atoms with Crippen LogP contribution >= 0.6 is 0 Å². The third kappa shape index (κ3) is 2.11. The second kappa shape index (κ2) is 4.00. The Kier molecular flexibility index (Phi) is 2.63. The van der Waals surface area contributed by atoms with Gasteiger partial charge in [-0.3, -0.25) is 9.69 Å². The molecule has 0 aromatic carbocycles. The Morgan fingerprint density at radius 3 is 2.89 bits per heavy atom. The number of nitrogens with two attached hydrogens (primary N) is 1. The largest absolute Gasteiger partial charge is 0.320 e. The highest BCUT2D eigenvalue weighted by Crippen LogP contribution is 2.50. The van der Waals surface area contributed by atoms with Gasteiger partial charge < -0.3 is 5.73 Å². The van der Waals surface area contributed by atoms with E-state index in [-0.39, 0.29) is 18.7 Å². The molecule has 19 heavy (non-hydrogen) atoms. The maximum Gasteiger partial charge on any atom is 0.252 e. The highest BCUT2D eigenvalue weighted by atomic mass is 19.3. The number of hydrogen-bond acceptors (Lipinski definition) is 3. The van der Waals surface area contributed by atoms with Gasteiger partial charge in [-0.1, -0.05) is 0 Å². The van der Waals surface area contributed by atoms with Crippen molar-refractivity contribution in [2.45, 2.75) is 37.8 Å². The Morgan fingerprint density at radius 1 is 1.58 bits per heavy atom. The lowest BCUT2D eigenvalue weighted by molar-refractivity contribution is -0.119. The van der Waals surface area contributed by atoms with E-state index in [1.807, 2.05) is 0 Å². The van der Waals surface area contributed by atoms with Crippen LogP contribution in [0.5, 0.6) is 0 Å². The molecule has 0 radical (unpaired) electrons. The standard InChI is InChI=1S/C12H16F2N4O/c1-17-10-5-8(4-7-6-12(7,13)14)16-18(10)3-2-9(15)11(17)19/h5,7,9H,2-4,6,15H2,1H3. The molecule has 1 aliphatic carbocycles. The van der Waals surface area contributed by atoms with Gasteiger partial charge in [0.05, 0.1) is 11.7 Å². The maximum atomic E-state index is 12.9. The summed E-state index contributed by atoms with van der Waals surface area (Å²) in [5, 5.41) is 4.31. The molecule has 1 aromatic heterocycles. The smallest absolute Gasteiger partial charge is 0.252 e. The number of halogens is 2. The summed E-state index contributed by atoms with van der Waals surface area (Å²) in [7, 11) is 1.64. The predicted octanol–water partition coefficient (Wildman–Crippen LogP) is 0.775. The highest BCUT2D eigenvalue weighted by Gasteiger charge is 2.56. The van der Waals surface area contributed by atoms with Crippen LogP contribution in [-0.2, 0) is 17.8 Å². The number of nitrogens with zero attached hydrogens (tertiary/aromatic N) is 3. The van der Waals surface area contributed by atoms with Crippen LogP contribution in [0.25, 0.3) is 0 Å². The maximum absolute atomic E-state index is 12.9. The quantitative estimate of drug-likeness (QED) is 0.863. The van der Waals surface area contributed by atoms with E-state index in [1.54, 1.807) is 17.8 Å². The average Bonchev–Trinajstić information content (AvgIpc) is 2.81. The van der Waals surface area contributed by atoms with Gasteiger partial charge in [-0.25, -0.2) is 13.5 Å². The van der Waals surface area contributed by atoms with E-state index >= 15 is 0 Å². The average molecular weight is 270 g/mol. The van der Waals surface area contributed by atoms with Crippen LogP contribution < -0.4 is 10.6 Å². The van der Waals surface area contributed by atoms with E-state index < -0.39 is 17.9 Å². The lowest BCUT2D eigenvalue weighted by Gasteiger charge is -2.16. The number of alkyl halides is 2. The third-order valence-electron chi connectivity index (χ3n) is 3.86. The zero-order valence-electron chi connectivity index (χ0n) is 10.6. The van der Waals surface area contributed by atoms with Gasteiger partial charge in [-0.2, -0.15) is 5.10 Å². The molecule has 1 aromatic rings. The molecule has 0 saturated heterocycles. The molecule has 2 aliphatic rings. The number of carbonyl (C=O) groups excluding carboxylic acids is 1. The molecule has 1 amide bonds. The number of amides is 1. The zero-order valence-corrected chi connectivity index (χ0v) is 10.6. The van der Waals surface area contributed by atoms with Crippen molar-refractivity contribution < 1.29 is 13.6 Å². The zero-order chi connectivity index (χ0) is 13.8. The normalized spacial score (nSPS) is 29.1. The number of carbonyl (C=O) groups is 1. The molecule has 2 unspecified atom stereocenters. The second-order valence-corrected chi connectivity index (χ2v) is 5.38. The number of aryl methyl sites for hydroxylation is 1.